The molecule has 7 heteroatoms. The number of hydrogen-bond acceptors (Lipinski definition) is 6. The van der Waals surface area contributed by atoms with Crippen LogP contribution in [0.25, 0.3) is 16.9 Å². The predicted molar refractivity (Wildman–Crippen MR) is 107 cm³/mol. The van der Waals surface area contributed by atoms with Crippen LogP contribution in [0.5, 0.6) is 17.4 Å². The summed E-state index contributed by atoms with van der Waals surface area (Å²) < 4.78 is 23.4. The molecule has 0 bridgehead atoms. The van der Waals surface area contributed by atoms with Gasteiger partial charge >= 0.3 is 0 Å². The second-order valence-electron chi connectivity index (χ2n) is 5.98. The fourth-order valence-corrected chi connectivity index (χ4v) is 2.68. The van der Waals surface area contributed by atoms with Crippen LogP contribution in [-0.4, -0.2) is 50.4 Å². The molecule has 0 radical (unpaired) electrons. The van der Waals surface area contributed by atoms with Gasteiger partial charge in [-0.2, -0.15) is 0 Å². The Morgan fingerprint density at radius 1 is 0.857 bits per heavy atom. The minimum absolute atomic E-state index is 0.432. The average molecular weight is 383 g/mol. The predicted octanol–water partition coefficient (Wildman–Crippen LogP) is 2.91. The van der Waals surface area contributed by atoms with Crippen molar-refractivity contribution in [3.05, 3.63) is 54.6 Å². The number of nitrogens with zero attached hydrogens (tertiary/aromatic N) is 2. The first-order valence-electron chi connectivity index (χ1n) is 9.04. The second-order valence-corrected chi connectivity index (χ2v) is 5.98. The summed E-state index contributed by atoms with van der Waals surface area (Å²) in [5, 5.41) is 4.61. The van der Waals surface area contributed by atoms with Crippen LogP contribution in [0.3, 0.4) is 0 Å². The Balaban J connectivity index is 1.92. The zero-order chi connectivity index (χ0) is 19.8. The molecular weight excluding hydrogens is 358 g/mol. The molecular formula is C21H25N3O4. The highest BCUT2D eigenvalue weighted by Gasteiger charge is 2.13. The van der Waals surface area contributed by atoms with E-state index in [1.54, 1.807) is 14.2 Å². The van der Waals surface area contributed by atoms with Gasteiger partial charge in [-0.1, -0.05) is 0 Å². The van der Waals surface area contributed by atoms with Crippen LogP contribution in [0.15, 0.2) is 54.6 Å². The highest BCUT2D eigenvalue weighted by molar-refractivity contribution is 5.64. The maximum absolute atomic E-state index is 5.71. The Hall–Kier alpha value is -3.03. The van der Waals surface area contributed by atoms with E-state index >= 15 is 0 Å². The van der Waals surface area contributed by atoms with Crippen LogP contribution in [-0.2, 0) is 4.74 Å². The minimum atomic E-state index is 0.432. The van der Waals surface area contributed by atoms with Gasteiger partial charge in [0.1, 0.15) is 24.7 Å². The molecule has 0 saturated heterocycles. The van der Waals surface area contributed by atoms with Crippen molar-refractivity contribution in [1.82, 2.24) is 9.78 Å². The quantitative estimate of drug-likeness (QED) is 0.542. The van der Waals surface area contributed by atoms with Gasteiger partial charge in [0, 0.05) is 25.3 Å². The van der Waals surface area contributed by atoms with Gasteiger partial charge in [-0.25, -0.2) is 4.68 Å². The van der Waals surface area contributed by atoms with E-state index < -0.39 is 0 Å². The number of methoxy groups -OCH3 is 2. The number of ether oxygens (including phenoxy) is 4. The Kier molecular flexibility index (Phi) is 6.89. The lowest BCUT2D eigenvalue weighted by Crippen LogP contribution is -2.10. The monoisotopic (exact) mass is 383 g/mol. The maximum Gasteiger partial charge on any atom is 0.233 e. The molecule has 7 nitrogen and oxygen atoms in total. The van der Waals surface area contributed by atoms with Crippen molar-refractivity contribution in [3.8, 4) is 34.3 Å². The normalized spacial score (nSPS) is 10.7. The van der Waals surface area contributed by atoms with E-state index in [0.29, 0.717) is 32.2 Å². The summed E-state index contributed by atoms with van der Waals surface area (Å²) in [6.07, 6.45) is 0. The smallest absolute Gasteiger partial charge is 0.233 e. The van der Waals surface area contributed by atoms with Crippen LogP contribution >= 0.6 is 0 Å². The van der Waals surface area contributed by atoms with E-state index in [-0.39, 0.29) is 0 Å². The summed E-state index contributed by atoms with van der Waals surface area (Å²) >= 11 is 0. The molecule has 3 rings (SSSR count). The summed E-state index contributed by atoms with van der Waals surface area (Å²) in [5.41, 5.74) is 8.29. The number of hydrogen-bond donors (Lipinski definition) is 1. The van der Waals surface area contributed by atoms with Crippen LogP contribution in [0.1, 0.15) is 0 Å². The summed E-state index contributed by atoms with van der Waals surface area (Å²) in [5.74, 6) is 2.10. The van der Waals surface area contributed by atoms with Crippen LogP contribution in [0.2, 0.25) is 0 Å². The fraction of sp³-hybridized carbons (Fsp3) is 0.286. The average Bonchev–Trinajstić information content (AvgIpc) is 3.17. The number of rotatable bonds is 10. The summed E-state index contributed by atoms with van der Waals surface area (Å²) in [6.45, 7) is 1.90. The maximum atomic E-state index is 5.71. The molecule has 1 heterocycles. The number of nitrogens with two attached hydrogens (primary N) is 1. The van der Waals surface area contributed by atoms with Gasteiger partial charge in [-0.3, -0.25) is 0 Å². The van der Waals surface area contributed by atoms with Gasteiger partial charge in [0.15, 0.2) is 0 Å². The molecule has 2 aromatic carbocycles. The van der Waals surface area contributed by atoms with E-state index in [1.165, 1.54) is 0 Å². The minimum Gasteiger partial charge on any atom is -0.497 e. The zero-order valence-electron chi connectivity index (χ0n) is 16.1. The first kappa shape index (κ1) is 19.7. The van der Waals surface area contributed by atoms with Gasteiger partial charge < -0.3 is 24.7 Å². The Morgan fingerprint density at radius 2 is 1.57 bits per heavy atom. The SMILES string of the molecule is COCCOc1cc(-c2ccc(OCCN)cc2)n(-c2ccc(OC)cc2)n1. The molecule has 0 aliphatic rings. The molecule has 0 saturated carbocycles. The zero-order valence-corrected chi connectivity index (χ0v) is 16.1. The fourth-order valence-electron chi connectivity index (χ4n) is 2.68. The molecule has 3 aromatic rings. The van der Waals surface area contributed by atoms with Crippen molar-refractivity contribution in [2.75, 3.05) is 40.6 Å². The molecule has 0 atom stereocenters. The van der Waals surface area contributed by atoms with Crippen molar-refractivity contribution in [2.45, 2.75) is 0 Å². The van der Waals surface area contributed by atoms with Crippen LogP contribution in [0, 0.1) is 0 Å². The third-order valence-electron chi connectivity index (χ3n) is 4.08. The van der Waals surface area contributed by atoms with Crippen LogP contribution < -0.4 is 19.9 Å². The van der Waals surface area contributed by atoms with Gasteiger partial charge in [0.2, 0.25) is 5.88 Å². The van der Waals surface area contributed by atoms with Crippen molar-refractivity contribution in [2.24, 2.45) is 5.73 Å². The van der Waals surface area contributed by atoms with E-state index in [4.69, 9.17) is 24.7 Å². The van der Waals surface area contributed by atoms with Crippen molar-refractivity contribution in [1.29, 1.82) is 0 Å². The third-order valence-corrected chi connectivity index (χ3v) is 4.08. The van der Waals surface area contributed by atoms with Crippen molar-refractivity contribution >= 4 is 0 Å². The lowest BCUT2D eigenvalue weighted by atomic mass is 10.1. The molecule has 0 spiro atoms. The van der Waals surface area contributed by atoms with Gasteiger partial charge in [-0.15, -0.1) is 5.10 Å². The van der Waals surface area contributed by atoms with E-state index in [1.807, 2.05) is 59.3 Å². The topological polar surface area (TPSA) is 80.8 Å². The van der Waals surface area contributed by atoms with Gasteiger partial charge in [-0.05, 0) is 48.5 Å². The second kappa shape index (κ2) is 9.77. The first-order valence-corrected chi connectivity index (χ1v) is 9.04. The number of benzene rings is 2. The summed E-state index contributed by atoms with van der Waals surface area (Å²) in [4.78, 5) is 0. The Morgan fingerprint density at radius 3 is 2.21 bits per heavy atom. The molecule has 28 heavy (non-hydrogen) atoms. The molecule has 0 aliphatic carbocycles. The molecule has 0 fully saturated rings. The van der Waals surface area contributed by atoms with Gasteiger partial charge in [0.05, 0.1) is 25.1 Å². The largest absolute Gasteiger partial charge is 0.497 e. The summed E-state index contributed by atoms with van der Waals surface area (Å²) in [6, 6.07) is 17.4. The molecule has 0 unspecified atom stereocenters. The van der Waals surface area contributed by atoms with E-state index in [2.05, 4.69) is 5.10 Å². The third kappa shape index (κ3) is 4.82. The lowest BCUT2D eigenvalue weighted by molar-refractivity contribution is 0.143. The molecule has 1 aromatic heterocycles. The van der Waals surface area contributed by atoms with E-state index in [0.717, 1.165) is 28.4 Å². The highest BCUT2D eigenvalue weighted by Crippen LogP contribution is 2.29. The first-order chi connectivity index (χ1) is 13.7. The molecule has 148 valence electrons. The molecule has 0 amide bonds. The van der Waals surface area contributed by atoms with Crippen LogP contribution in [0.4, 0.5) is 0 Å². The Labute approximate surface area is 164 Å². The Bertz CT molecular complexity index is 860. The van der Waals surface area contributed by atoms with Crippen molar-refractivity contribution < 1.29 is 18.9 Å². The molecule has 2 N–H and O–H groups in total. The van der Waals surface area contributed by atoms with Crippen molar-refractivity contribution in [3.63, 3.8) is 0 Å². The molecule has 0 aliphatic heterocycles. The standard InChI is InChI=1S/C21H25N3O4/c1-25-13-14-28-21-15-20(16-3-7-19(8-4-16)27-12-11-22)24(23-21)17-5-9-18(26-2)10-6-17/h3-10,15H,11-14,22H2,1-2H3. The summed E-state index contributed by atoms with van der Waals surface area (Å²) in [7, 11) is 3.28. The highest BCUT2D eigenvalue weighted by atomic mass is 16.5. The van der Waals surface area contributed by atoms with E-state index in [9.17, 15) is 0 Å². The number of aromatic nitrogens is 2. The van der Waals surface area contributed by atoms with Gasteiger partial charge in [0.25, 0.3) is 0 Å². The lowest BCUT2D eigenvalue weighted by Gasteiger charge is -2.09.